The van der Waals surface area contributed by atoms with E-state index in [1.54, 1.807) is 0 Å². The molecule has 2 aromatic rings. The lowest BCUT2D eigenvalue weighted by Crippen LogP contribution is -2.25. The maximum absolute atomic E-state index is 11.3. The van der Waals surface area contributed by atoms with Gasteiger partial charge in [-0.1, -0.05) is 5.16 Å². The van der Waals surface area contributed by atoms with Crippen LogP contribution in [0.3, 0.4) is 0 Å². The zero-order chi connectivity index (χ0) is 10.5. The standard InChI is InChI=1S/C8H9N5O2/c14-8(6-1-4-12-15-6)9-3-2-7-10-5-11-13-7/h1,4-5H,2-3H2,(H,9,14)(H,10,11,13). The van der Waals surface area contributed by atoms with Crippen LogP contribution in [0.2, 0.25) is 0 Å². The van der Waals surface area contributed by atoms with Crippen molar-refractivity contribution in [3.8, 4) is 0 Å². The Balaban J connectivity index is 1.77. The van der Waals surface area contributed by atoms with E-state index < -0.39 is 0 Å². The number of amides is 1. The molecule has 2 rings (SSSR count). The summed E-state index contributed by atoms with van der Waals surface area (Å²) in [6, 6.07) is 1.50. The fourth-order valence-corrected chi connectivity index (χ4v) is 1.07. The molecular weight excluding hydrogens is 198 g/mol. The van der Waals surface area contributed by atoms with Gasteiger partial charge in [0.2, 0.25) is 5.76 Å². The average molecular weight is 207 g/mol. The van der Waals surface area contributed by atoms with Crippen molar-refractivity contribution in [1.82, 2.24) is 25.7 Å². The number of H-pyrrole nitrogens is 1. The largest absolute Gasteiger partial charge is 0.351 e. The maximum atomic E-state index is 11.3. The highest BCUT2D eigenvalue weighted by molar-refractivity contribution is 5.91. The van der Waals surface area contributed by atoms with Gasteiger partial charge in [-0.2, -0.15) is 5.10 Å². The molecule has 0 aliphatic rings. The van der Waals surface area contributed by atoms with Crippen molar-refractivity contribution in [2.45, 2.75) is 6.42 Å². The summed E-state index contributed by atoms with van der Waals surface area (Å²) in [5, 5.41) is 12.5. The predicted molar refractivity (Wildman–Crippen MR) is 48.9 cm³/mol. The molecule has 0 saturated carbocycles. The summed E-state index contributed by atoms with van der Waals surface area (Å²) in [5.74, 6) is 0.646. The van der Waals surface area contributed by atoms with Gasteiger partial charge in [0.15, 0.2) is 0 Å². The first kappa shape index (κ1) is 9.38. The zero-order valence-corrected chi connectivity index (χ0v) is 7.80. The fraction of sp³-hybridized carbons (Fsp3) is 0.250. The molecule has 2 heterocycles. The Bertz CT molecular complexity index is 408. The smallest absolute Gasteiger partial charge is 0.289 e. The zero-order valence-electron chi connectivity index (χ0n) is 7.80. The van der Waals surface area contributed by atoms with Crippen LogP contribution >= 0.6 is 0 Å². The van der Waals surface area contributed by atoms with Crippen LogP contribution in [0.5, 0.6) is 0 Å². The first-order chi connectivity index (χ1) is 7.36. The van der Waals surface area contributed by atoms with Gasteiger partial charge >= 0.3 is 0 Å². The topological polar surface area (TPSA) is 96.7 Å². The molecule has 2 N–H and O–H groups in total. The minimum absolute atomic E-state index is 0.201. The average Bonchev–Trinajstić information content (AvgIpc) is 2.90. The Labute approximate surface area is 84.9 Å². The molecule has 7 heteroatoms. The molecular formula is C8H9N5O2. The van der Waals surface area contributed by atoms with Gasteiger partial charge < -0.3 is 9.84 Å². The van der Waals surface area contributed by atoms with Gasteiger partial charge in [-0.05, 0) is 0 Å². The van der Waals surface area contributed by atoms with E-state index in [-0.39, 0.29) is 11.7 Å². The molecule has 0 aliphatic heterocycles. The lowest BCUT2D eigenvalue weighted by molar-refractivity contribution is 0.0917. The first-order valence-electron chi connectivity index (χ1n) is 4.39. The molecule has 1 amide bonds. The van der Waals surface area contributed by atoms with Crippen LogP contribution in [-0.2, 0) is 6.42 Å². The molecule has 0 spiro atoms. The van der Waals surface area contributed by atoms with Gasteiger partial charge in [0, 0.05) is 19.0 Å². The van der Waals surface area contributed by atoms with Gasteiger partial charge in [-0.15, -0.1) is 0 Å². The first-order valence-corrected chi connectivity index (χ1v) is 4.39. The summed E-state index contributed by atoms with van der Waals surface area (Å²) in [7, 11) is 0. The Kier molecular flexibility index (Phi) is 2.72. The number of hydrogen-bond donors (Lipinski definition) is 2. The fourth-order valence-electron chi connectivity index (χ4n) is 1.07. The summed E-state index contributed by atoms with van der Waals surface area (Å²) >= 11 is 0. The quantitative estimate of drug-likeness (QED) is 0.721. The molecule has 78 valence electrons. The summed E-state index contributed by atoms with van der Waals surface area (Å²) in [6.45, 7) is 0.467. The van der Waals surface area contributed by atoms with Crippen LogP contribution in [0.15, 0.2) is 23.1 Å². The molecule has 0 saturated heterocycles. The molecule has 0 fully saturated rings. The monoisotopic (exact) mass is 207 g/mol. The van der Waals surface area contributed by atoms with Crippen LogP contribution in [-0.4, -0.2) is 32.8 Å². The third kappa shape index (κ3) is 2.39. The lowest BCUT2D eigenvalue weighted by Gasteiger charge is -1.99. The molecule has 0 aromatic carbocycles. The predicted octanol–water partition coefficient (Wildman–Crippen LogP) is -0.235. The number of nitrogens with one attached hydrogen (secondary N) is 2. The molecule has 0 radical (unpaired) electrons. The van der Waals surface area contributed by atoms with Crippen molar-refractivity contribution in [2.75, 3.05) is 6.54 Å². The Morgan fingerprint density at radius 3 is 3.20 bits per heavy atom. The van der Waals surface area contributed by atoms with E-state index in [1.165, 1.54) is 18.6 Å². The highest BCUT2D eigenvalue weighted by Gasteiger charge is 2.08. The third-order valence-electron chi connectivity index (χ3n) is 1.77. The normalized spacial score (nSPS) is 10.1. The second kappa shape index (κ2) is 4.36. The van der Waals surface area contributed by atoms with Crippen molar-refractivity contribution >= 4 is 5.91 Å². The minimum Gasteiger partial charge on any atom is -0.351 e. The van der Waals surface area contributed by atoms with Gasteiger partial charge in [-0.25, -0.2) is 4.98 Å². The van der Waals surface area contributed by atoms with Gasteiger partial charge in [0.25, 0.3) is 5.91 Å². The van der Waals surface area contributed by atoms with Crippen molar-refractivity contribution in [3.05, 3.63) is 30.2 Å². The van der Waals surface area contributed by atoms with Crippen LogP contribution in [0.4, 0.5) is 0 Å². The number of hydrogen-bond acceptors (Lipinski definition) is 5. The maximum Gasteiger partial charge on any atom is 0.289 e. The summed E-state index contributed by atoms with van der Waals surface area (Å²) in [5.41, 5.74) is 0. The number of carbonyl (C=O) groups is 1. The van der Waals surface area contributed by atoms with Gasteiger partial charge in [-0.3, -0.25) is 9.89 Å². The van der Waals surface area contributed by atoms with Crippen molar-refractivity contribution < 1.29 is 9.32 Å². The Morgan fingerprint density at radius 1 is 1.60 bits per heavy atom. The van der Waals surface area contributed by atoms with Gasteiger partial charge in [0.1, 0.15) is 12.2 Å². The lowest BCUT2D eigenvalue weighted by atomic mass is 10.4. The van der Waals surface area contributed by atoms with E-state index in [4.69, 9.17) is 0 Å². The number of rotatable bonds is 4. The van der Waals surface area contributed by atoms with Crippen LogP contribution < -0.4 is 5.32 Å². The van der Waals surface area contributed by atoms with E-state index in [1.807, 2.05) is 0 Å². The van der Waals surface area contributed by atoms with E-state index in [9.17, 15) is 4.79 Å². The summed E-state index contributed by atoms with van der Waals surface area (Å²) in [6.07, 6.45) is 3.44. The van der Waals surface area contributed by atoms with Gasteiger partial charge in [0.05, 0.1) is 6.20 Å². The second-order valence-corrected chi connectivity index (χ2v) is 2.81. The molecule has 0 aliphatic carbocycles. The summed E-state index contributed by atoms with van der Waals surface area (Å²) < 4.78 is 4.69. The number of carbonyl (C=O) groups excluding carboxylic acids is 1. The highest BCUT2D eigenvalue weighted by atomic mass is 16.5. The SMILES string of the molecule is O=C(NCCc1ncn[nH]1)c1ccno1. The van der Waals surface area contributed by atoms with Crippen molar-refractivity contribution in [1.29, 1.82) is 0 Å². The van der Waals surface area contributed by atoms with Crippen LogP contribution in [0.25, 0.3) is 0 Å². The van der Waals surface area contributed by atoms with E-state index in [0.717, 1.165) is 5.82 Å². The van der Waals surface area contributed by atoms with E-state index in [2.05, 4.69) is 30.2 Å². The molecule has 0 unspecified atom stereocenters. The second-order valence-electron chi connectivity index (χ2n) is 2.81. The molecule has 0 bridgehead atoms. The van der Waals surface area contributed by atoms with Crippen LogP contribution in [0.1, 0.15) is 16.4 Å². The van der Waals surface area contributed by atoms with E-state index >= 15 is 0 Å². The number of aromatic nitrogens is 4. The Morgan fingerprint density at radius 2 is 2.53 bits per heavy atom. The molecule has 0 atom stereocenters. The minimum atomic E-state index is -0.285. The Hall–Kier alpha value is -2.18. The molecule has 7 nitrogen and oxygen atoms in total. The van der Waals surface area contributed by atoms with Crippen molar-refractivity contribution in [3.63, 3.8) is 0 Å². The third-order valence-corrected chi connectivity index (χ3v) is 1.77. The number of aromatic amines is 1. The summed E-state index contributed by atoms with van der Waals surface area (Å²) in [4.78, 5) is 15.3. The van der Waals surface area contributed by atoms with Crippen LogP contribution in [0, 0.1) is 0 Å². The van der Waals surface area contributed by atoms with E-state index in [0.29, 0.717) is 13.0 Å². The number of nitrogens with zero attached hydrogens (tertiary/aromatic N) is 3. The molecule has 15 heavy (non-hydrogen) atoms. The molecule has 2 aromatic heterocycles. The van der Waals surface area contributed by atoms with Crippen molar-refractivity contribution in [2.24, 2.45) is 0 Å². The highest BCUT2D eigenvalue weighted by Crippen LogP contribution is 1.95.